The number of hydrogen-bond donors (Lipinski definition) is 0. The summed E-state index contributed by atoms with van der Waals surface area (Å²) in [6, 6.07) is 0. The molecule has 0 aromatic heterocycles. The van der Waals surface area contributed by atoms with Gasteiger partial charge in [-0.15, -0.1) is 0 Å². The first-order valence-corrected chi connectivity index (χ1v) is 4.37. The first-order valence-electron chi connectivity index (χ1n) is 4.37. The van der Waals surface area contributed by atoms with Crippen molar-refractivity contribution in [3.8, 4) is 0 Å². The second kappa shape index (κ2) is 5.11. The van der Waals surface area contributed by atoms with E-state index in [1.54, 1.807) is 6.08 Å². The van der Waals surface area contributed by atoms with Gasteiger partial charge in [-0.1, -0.05) is 26.8 Å². The third kappa shape index (κ3) is 2.87. The molecule has 0 saturated heterocycles. The smallest absolute Gasteiger partial charge is 0.142 e. The summed E-state index contributed by atoms with van der Waals surface area (Å²) >= 11 is 0. The van der Waals surface area contributed by atoms with Gasteiger partial charge in [0.2, 0.25) is 0 Å². The molecule has 0 fully saturated rings. The van der Waals surface area contributed by atoms with E-state index < -0.39 is 0 Å². The molecule has 0 radical (unpaired) electrons. The van der Waals surface area contributed by atoms with Crippen LogP contribution in [-0.2, 0) is 4.79 Å². The average Bonchev–Trinajstić information content (AvgIpc) is 2.08. The maximum atomic E-state index is 10.1. The second-order valence-corrected chi connectivity index (χ2v) is 2.92. The van der Waals surface area contributed by atoms with E-state index in [2.05, 4.69) is 20.8 Å². The van der Waals surface area contributed by atoms with Crippen LogP contribution in [0.15, 0.2) is 12.2 Å². The van der Waals surface area contributed by atoms with E-state index in [0.29, 0.717) is 0 Å². The Morgan fingerprint density at radius 3 is 1.82 bits per heavy atom. The van der Waals surface area contributed by atoms with Crippen LogP contribution >= 0.6 is 0 Å². The van der Waals surface area contributed by atoms with Crippen molar-refractivity contribution in [2.75, 3.05) is 0 Å². The van der Waals surface area contributed by atoms with E-state index in [4.69, 9.17) is 0 Å². The molecule has 0 N–H and O–H groups in total. The number of rotatable bonds is 5. The monoisotopic (exact) mass is 154 g/mol. The molecule has 11 heavy (non-hydrogen) atoms. The van der Waals surface area contributed by atoms with Crippen molar-refractivity contribution in [2.24, 2.45) is 5.41 Å². The summed E-state index contributed by atoms with van der Waals surface area (Å²) in [7, 11) is 0. The van der Waals surface area contributed by atoms with Crippen LogP contribution in [0, 0.1) is 5.41 Å². The van der Waals surface area contributed by atoms with Gasteiger partial charge in [-0.25, -0.2) is 0 Å². The van der Waals surface area contributed by atoms with Crippen molar-refractivity contribution in [1.82, 2.24) is 0 Å². The molecule has 0 aromatic rings. The van der Waals surface area contributed by atoms with E-state index in [1.165, 1.54) is 0 Å². The Hall–Kier alpha value is -0.590. The lowest BCUT2D eigenvalue weighted by atomic mass is 9.80. The molecule has 0 saturated carbocycles. The fraction of sp³-hybridized carbons (Fsp3) is 0.700. The highest BCUT2D eigenvalue weighted by Crippen LogP contribution is 2.31. The Morgan fingerprint density at radius 2 is 1.55 bits per heavy atom. The Balaban J connectivity index is 4.27. The first kappa shape index (κ1) is 10.4. The molecule has 0 amide bonds. The molecule has 0 aliphatic heterocycles. The molecule has 0 rings (SSSR count). The summed E-state index contributed by atoms with van der Waals surface area (Å²) in [6.45, 7) is 6.51. The van der Waals surface area contributed by atoms with Gasteiger partial charge in [0.15, 0.2) is 0 Å². The lowest BCUT2D eigenvalue weighted by Gasteiger charge is -2.25. The van der Waals surface area contributed by atoms with E-state index in [1.807, 2.05) is 6.08 Å². The van der Waals surface area contributed by atoms with Gasteiger partial charge in [-0.05, 0) is 30.8 Å². The minimum Gasteiger partial charge on any atom is -0.299 e. The second-order valence-electron chi connectivity index (χ2n) is 2.92. The van der Waals surface area contributed by atoms with Gasteiger partial charge in [0.25, 0.3) is 0 Å². The summed E-state index contributed by atoms with van der Waals surface area (Å²) in [5.74, 6) is 0. The standard InChI is InChI=1S/C10H18O/c1-4-10(5-2,6-3)8-7-9-11/h7-9H,4-6H2,1-3H3/b8-7+. The van der Waals surface area contributed by atoms with Crippen molar-refractivity contribution in [3.05, 3.63) is 12.2 Å². The van der Waals surface area contributed by atoms with Gasteiger partial charge in [0.05, 0.1) is 0 Å². The van der Waals surface area contributed by atoms with Crippen LogP contribution in [0.1, 0.15) is 40.0 Å². The highest BCUT2D eigenvalue weighted by molar-refractivity contribution is 5.64. The summed E-state index contributed by atoms with van der Waals surface area (Å²) in [5, 5.41) is 0. The van der Waals surface area contributed by atoms with E-state index >= 15 is 0 Å². The Kier molecular flexibility index (Phi) is 4.84. The van der Waals surface area contributed by atoms with Crippen LogP contribution in [0.3, 0.4) is 0 Å². The Morgan fingerprint density at radius 1 is 1.09 bits per heavy atom. The quantitative estimate of drug-likeness (QED) is 0.439. The van der Waals surface area contributed by atoms with Crippen LogP contribution in [0.5, 0.6) is 0 Å². The highest BCUT2D eigenvalue weighted by Gasteiger charge is 2.19. The summed E-state index contributed by atoms with van der Waals surface area (Å²) in [5.41, 5.74) is 0.265. The maximum absolute atomic E-state index is 10.1. The van der Waals surface area contributed by atoms with Crippen molar-refractivity contribution in [3.63, 3.8) is 0 Å². The predicted octanol–water partition coefficient (Wildman–Crippen LogP) is 2.96. The summed E-state index contributed by atoms with van der Waals surface area (Å²) in [6.07, 6.45) is 7.87. The minimum atomic E-state index is 0.265. The van der Waals surface area contributed by atoms with Gasteiger partial charge >= 0.3 is 0 Å². The highest BCUT2D eigenvalue weighted by atomic mass is 16.1. The largest absolute Gasteiger partial charge is 0.299 e. The zero-order chi connectivity index (χ0) is 8.74. The van der Waals surface area contributed by atoms with Crippen LogP contribution in [0.4, 0.5) is 0 Å². The van der Waals surface area contributed by atoms with Gasteiger partial charge in [0.1, 0.15) is 6.29 Å². The Bertz CT molecular complexity index is 124. The van der Waals surface area contributed by atoms with Crippen LogP contribution in [-0.4, -0.2) is 6.29 Å². The fourth-order valence-corrected chi connectivity index (χ4v) is 1.35. The Labute approximate surface area is 69.5 Å². The first-order chi connectivity index (χ1) is 5.24. The average molecular weight is 154 g/mol. The number of carbonyl (C=O) groups is 1. The fourth-order valence-electron chi connectivity index (χ4n) is 1.35. The zero-order valence-electron chi connectivity index (χ0n) is 7.76. The molecule has 0 aromatic carbocycles. The van der Waals surface area contributed by atoms with Gasteiger partial charge in [-0.3, -0.25) is 4.79 Å². The zero-order valence-corrected chi connectivity index (χ0v) is 7.76. The van der Waals surface area contributed by atoms with Crippen LogP contribution in [0.2, 0.25) is 0 Å². The van der Waals surface area contributed by atoms with Crippen LogP contribution in [0.25, 0.3) is 0 Å². The molecule has 0 atom stereocenters. The lowest BCUT2D eigenvalue weighted by molar-refractivity contribution is -0.104. The van der Waals surface area contributed by atoms with Crippen molar-refractivity contribution in [2.45, 2.75) is 40.0 Å². The van der Waals surface area contributed by atoms with Gasteiger partial charge < -0.3 is 0 Å². The molecule has 0 aliphatic carbocycles. The normalized spacial score (nSPS) is 12.3. The molecular formula is C10H18O. The molecule has 1 heteroatoms. The molecule has 64 valence electrons. The van der Waals surface area contributed by atoms with Gasteiger partial charge in [0, 0.05) is 0 Å². The number of carbonyl (C=O) groups excluding carboxylic acids is 1. The maximum Gasteiger partial charge on any atom is 0.142 e. The number of aldehydes is 1. The van der Waals surface area contributed by atoms with Crippen molar-refractivity contribution in [1.29, 1.82) is 0 Å². The minimum absolute atomic E-state index is 0.265. The van der Waals surface area contributed by atoms with E-state index in [-0.39, 0.29) is 5.41 Å². The third-order valence-corrected chi connectivity index (χ3v) is 2.64. The molecule has 0 unspecified atom stereocenters. The topological polar surface area (TPSA) is 17.1 Å². The van der Waals surface area contributed by atoms with E-state index in [0.717, 1.165) is 25.5 Å². The van der Waals surface area contributed by atoms with Crippen molar-refractivity contribution < 1.29 is 4.79 Å². The molecular weight excluding hydrogens is 136 g/mol. The SMILES string of the molecule is CCC(/C=C/C=O)(CC)CC. The number of allylic oxidation sites excluding steroid dienone is 2. The molecule has 0 aliphatic rings. The summed E-state index contributed by atoms with van der Waals surface area (Å²) in [4.78, 5) is 10.1. The molecule has 1 nitrogen and oxygen atoms in total. The molecule has 0 spiro atoms. The van der Waals surface area contributed by atoms with Gasteiger partial charge in [-0.2, -0.15) is 0 Å². The molecule has 0 heterocycles. The van der Waals surface area contributed by atoms with Crippen LogP contribution < -0.4 is 0 Å². The van der Waals surface area contributed by atoms with E-state index in [9.17, 15) is 4.79 Å². The van der Waals surface area contributed by atoms with Crippen molar-refractivity contribution >= 4 is 6.29 Å². The summed E-state index contributed by atoms with van der Waals surface area (Å²) < 4.78 is 0. The predicted molar refractivity (Wildman–Crippen MR) is 48.5 cm³/mol. The third-order valence-electron chi connectivity index (χ3n) is 2.64. The molecule has 0 bridgehead atoms. The lowest BCUT2D eigenvalue weighted by Crippen LogP contribution is -2.13. The number of hydrogen-bond acceptors (Lipinski definition) is 1.